The molecule has 6 nitrogen and oxygen atoms in total. The summed E-state index contributed by atoms with van der Waals surface area (Å²) in [5.41, 5.74) is 0. The van der Waals surface area contributed by atoms with Gasteiger partial charge in [0.2, 0.25) is 0 Å². The zero-order valence-corrected chi connectivity index (χ0v) is 11.6. The molecule has 116 valence electrons. The minimum absolute atomic E-state index is 0.0769. The Balaban J connectivity index is 1.95. The van der Waals surface area contributed by atoms with Crippen molar-refractivity contribution in [2.75, 3.05) is 0 Å². The maximum Gasteiger partial charge on any atom is 0.308 e. The fourth-order valence-electron chi connectivity index (χ4n) is 5.35. The molecular formula is C15H20O6. The molecular weight excluding hydrogens is 276 g/mol. The number of hydrogen-bond donors (Lipinski definition) is 3. The lowest BCUT2D eigenvalue weighted by Crippen LogP contribution is -2.61. The van der Waals surface area contributed by atoms with Gasteiger partial charge >= 0.3 is 17.9 Å². The maximum atomic E-state index is 11.6. The fourth-order valence-corrected chi connectivity index (χ4v) is 5.35. The van der Waals surface area contributed by atoms with Gasteiger partial charge in [-0.05, 0) is 42.9 Å². The largest absolute Gasteiger partial charge is 0.481 e. The van der Waals surface area contributed by atoms with Gasteiger partial charge in [-0.25, -0.2) is 0 Å². The highest BCUT2D eigenvalue weighted by atomic mass is 16.4. The predicted octanol–water partition coefficient (Wildman–Crippen LogP) is 1.54. The smallest absolute Gasteiger partial charge is 0.308 e. The summed E-state index contributed by atoms with van der Waals surface area (Å²) >= 11 is 0. The van der Waals surface area contributed by atoms with Gasteiger partial charge in [0.05, 0.1) is 17.8 Å². The summed E-state index contributed by atoms with van der Waals surface area (Å²) in [6.45, 7) is 0. The molecule has 3 saturated carbocycles. The average Bonchev–Trinajstić information content (AvgIpc) is 2.42. The van der Waals surface area contributed by atoms with Gasteiger partial charge in [-0.2, -0.15) is 0 Å². The van der Waals surface area contributed by atoms with Gasteiger partial charge in [0, 0.05) is 0 Å². The van der Waals surface area contributed by atoms with Crippen LogP contribution in [0.4, 0.5) is 0 Å². The van der Waals surface area contributed by atoms with E-state index in [1.54, 1.807) is 0 Å². The van der Waals surface area contributed by atoms with E-state index < -0.39 is 35.7 Å². The normalized spacial score (nSPS) is 44.9. The Morgan fingerprint density at radius 2 is 1.29 bits per heavy atom. The van der Waals surface area contributed by atoms with Crippen molar-refractivity contribution >= 4 is 17.9 Å². The van der Waals surface area contributed by atoms with Crippen LogP contribution in [-0.2, 0) is 14.4 Å². The van der Waals surface area contributed by atoms with Crippen molar-refractivity contribution in [1.82, 2.24) is 0 Å². The van der Waals surface area contributed by atoms with Crippen LogP contribution in [0, 0.1) is 41.4 Å². The number of carboxylic acids is 3. The summed E-state index contributed by atoms with van der Waals surface area (Å²) in [7, 11) is 0. The Kier molecular flexibility index (Phi) is 3.42. The molecule has 3 N–H and O–H groups in total. The molecule has 21 heavy (non-hydrogen) atoms. The first-order chi connectivity index (χ1) is 9.93. The Morgan fingerprint density at radius 3 is 1.81 bits per heavy atom. The average molecular weight is 296 g/mol. The van der Waals surface area contributed by atoms with E-state index in [1.165, 1.54) is 0 Å². The molecule has 0 spiro atoms. The van der Waals surface area contributed by atoms with Crippen LogP contribution in [0.3, 0.4) is 0 Å². The van der Waals surface area contributed by atoms with Crippen molar-refractivity contribution in [1.29, 1.82) is 0 Å². The molecule has 0 amide bonds. The van der Waals surface area contributed by atoms with Crippen molar-refractivity contribution in [3.63, 3.8) is 0 Å². The Bertz CT molecular complexity index is 487. The van der Waals surface area contributed by atoms with E-state index in [0.717, 1.165) is 25.7 Å². The fraction of sp³-hybridized carbons (Fsp3) is 0.800. The third-order valence-electron chi connectivity index (χ3n) is 6.06. The lowest BCUT2D eigenvalue weighted by Gasteiger charge is -2.61. The summed E-state index contributed by atoms with van der Waals surface area (Å²) in [5, 5.41) is 28.2. The van der Waals surface area contributed by atoms with Gasteiger partial charge in [-0.1, -0.05) is 12.8 Å². The van der Waals surface area contributed by atoms with Crippen LogP contribution in [0.15, 0.2) is 0 Å². The Morgan fingerprint density at radius 1 is 0.714 bits per heavy atom. The van der Waals surface area contributed by atoms with Crippen LogP contribution in [0.25, 0.3) is 0 Å². The van der Waals surface area contributed by atoms with Crippen LogP contribution in [0.1, 0.15) is 32.1 Å². The van der Waals surface area contributed by atoms with E-state index in [2.05, 4.69) is 0 Å². The highest BCUT2D eigenvalue weighted by Crippen LogP contribution is 2.63. The van der Waals surface area contributed by atoms with Gasteiger partial charge in [0.25, 0.3) is 0 Å². The molecule has 0 saturated heterocycles. The SMILES string of the molecule is O=C(O)C1CC2C3CCCCC3C2C(C(=O)O)C1C(=O)O. The second kappa shape index (κ2) is 5.00. The predicted molar refractivity (Wildman–Crippen MR) is 70.4 cm³/mol. The minimum atomic E-state index is -1.30. The molecule has 7 unspecified atom stereocenters. The molecule has 7 atom stereocenters. The summed E-state index contributed by atoms with van der Waals surface area (Å²) < 4.78 is 0. The van der Waals surface area contributed by atoms with E-state index in [4.69, 9.17) is 0 Å². The number of carboxylic acid groups (broad SMARTS) is 3. The first kappa shape index (κ1) is 14.4. The number of hydrogen-bond acceptors (Lipinski definition) is 3. The summed E-state index contributed by atoms with van der Waals surface area (Å²) in [6.07, 6.45) is 4.49. The molecule has 3 rings (SSSR count). The molecule has 6 heteroatoms. The third kappa shape index (κ3) is 2.03. The standard InChI is InChI=1S/C15H20O6/c16-13(17)9-5-8-6-3-1-2-4-7(6)10(8)12(15(20)21)11(9)14(18)19/h6-12H,1-5H2,(H,16,17)(H,18,19)(H,20,21). The van der Waals surface area contributed by atoms with Gasteiger partial charge < -0.3 is 15.3 Å². The van der Waals surface area contributed by atoms with Gasteiger partial charge in [0.15, 0.2) is 0 Å². The first-order valence-electron chi connectivity index (χ1n) is 7.62. The third-order valence-corrected chi connectivity index (χ3v) is 6.06. The molecule has 0 aliphatic heterocycles. The van der Waals surface area contributed by atoms with Crippen LogP contribution < -0.4 is 0 Å². The maximum absolute atomic E-state index is 11.6. The van der Waals surface area contributed by atoms with E-state index >= 15 is 0 Å². The molecule has 0 bridgehead atoms. The van der Waals surface area contributed by atoms with Crippen molar-refractivity contribution in [3.05, 3.63) is 0 Å². The topological polar surface area (TPSA) is 112 Å². The number of fused-ring (bicyclic) bond motifs is 4. The summed E-state index contributed by atoms with van der Waals surface area (Å²) in [6, 6.07) is 0. The van der Waals surface area contributed by atoms with Crippen LogP contribution >= 0.6 is 0 Å². The Hall–Kier alpha value is -1.59. The van der Waals surface area contributed by atoms with Crippen molar-refractivity contribution in [2.45, 2.75) is 32.1 Å². The number of carbonyl (C=O) groups is 3. The lowest BCUT2D eigenvalue weighted by atomic mass is 9.42. The van der Waals surface area contributed by atoms with Crippen molar-refractivity contribution in [2.24, 2.45) is 41.4 Å². The van der Waals surface area contributed by atoms with Gasteiger partial charge in [0.1, 0.15) is 0 Å². The molecule has 0 heterocycles. The van der Waals surface area contributed by atoms with Crippen molar-refractivity contribution < 1.29 is 29.7 Å². The summed E-state index contributed by atoms with van der Waals surface area (Å²) in [4.78, 5) is 34.6. The minimum Gasteiger partial charge on any atom is -0.481 e. The quantitative estimate of drug-likeness (QED) is 0.728. The molecule has 3 aliphatic carbocycles. The molecule has 0 radical (unpaired) electrons. The van der Waals surface area contributed by atoms with Gasteiger partial charge in [-0.15, -0.1) is 0 Å². The van der Waals surface area contributed by atoms with Crippen LogP contribution in [0.2, 0.25) is 0 Å². The van der Waals surface area contributed by atoms with E-state index in [9.17, 15) is 29.7 Å². The van der Waals surface area contributed by atoms with E-state index in [1.807, 2.05) is 0 Å². The van der Waals surface area contributed by atoms with Crippen LogP contribution in [0.5, 0.6) is 0 Å². The highest BCUT2D eigenvalue weighted by Gasteiger charge is 2.63. The van der Waals surface area contributed by atoms with Crippen molar-refractivity contribution in [3.8, 4) is 0 Å². The number of aliphatic carboxylic acids is 3. The van der Waals surface area contributed by atoms with E-state index in [-0.39, 0.29) is 17.8 Å². The Labute approximate surface area is 122 Å². The monoisotopic (exact) mass is 296 g/mol. The second-order valence-corrected chi connectivity index (χ2v) is 6.76. The molecule has 0 aromatic heterocycles. The first-order valence-corrected chi connectivity index (χ1v) is 7.62. The van der Waals surface area contributed by atoms with E-state index in [0.29, 0.717) is 12.3 Å². The molecule has 3 aliphatic rings. The number of rotatable bonds is 3. The van der Waals surface area contributed by atoms with Crippen LogP contribution in [-0.4, -0.2) is 33.2 Å². The zero-order chi connectivity index (χ0) is 15.3. The second-order valence-electron chi connectivity index (χ2n) is 6.76. The molecule has 0 aromatic rings. The lowest BCUT2D eigenvalue weighted by molar-refractivity contribution is -0.194. The van der Waals surface area contributed by atoms with Gasteiger partial charge in [-0.3, -0.25) is 14.4 Å². The zero-order valence-electron chi connectivity index (χ0n) is 11.6. The molecule has 3 fully saturated rings. The highest BCUT2D eigenvalue weighted by molar-refractivity contribution is 5.86. The summed E-state index contributed by atoms with van der Waals surface area (Å²) in [5.74, 6) is -6.42. The molecule has 0 aromatic carbocycles.